The summed E-state index contributed by atoms with van der Waals surface area (Å²) in [6, 6.07) is 15.2. The Kier molecular flexibility index (Phi) is 13.7. The van der Waals surface area contributed by atoms with Gasteiger partial charge in [-0.3, -0.25) is 0 Å². The average Bonchev–Trinajstić information content (AvgIpc) is 2.80. The number of methoxy groups -OCH3 is 2. The third kappa shape index (κ3) is 10.2. The van der Waals surface area contributed by atoms with E-state index < -0.39 is 6.10 Å². The van der Waals surface area contributed by atoms with Crippen molar-refractivity contribution in [3.8, 4) is 11.5 Å². The Bertz CT molecular complexity index is 754. The molecule has 2 aromatic rings. The van der Waals surface area contributed by atoms with E-state index in [1.165, 1.54) is 0 Å². The van der Waals surface area contributed by atoms with Crippen LogP contribution in [0.1, 0.15) is 30.6 Å². The molecule has 7 nitrogen and oxygen atoms in total. The van der Waals surface area contributed by atoms with E-state index in [1.807, 2.05) is 55.5 Å². The molecule has 0 aromatic heterocycles. The van der Waals surface area contributed by atoms with E-state index in [0.29, 0.717) is 32.3 Å². The van der Waals surface area contributed by atoms with Gasteiger partial charge in [0.05, 0.1) is 26.9 Å². The van der Waals surface area contributed by atoms with Crippen LogP contribution in [0.4, 0.5) is 0 Å². The molecule has 0 heterocycles. The lowest BCUT2D eigenvalue weighted by Crippen LogP contribution is -2.40. The zero-order chi connectivity index (χ0) is 21.6. The molecule has 8 heteroatoms. The number of guanidine groups is 1. The van der Waals surface area contributed by atoms with Gasteiger partial charge in [0, 0.05) is 26.3 Å². The van der Waals surface area contributed by atoms with E-state index in [-0.39, 0.29) is 24.0 Å². The fraction of sp³-hybridized carbons (Fsp3) is 0.435. The highest BCUT2D eigenvalue weighted by Gasteiger charge is 2.09. The number of ether oxygens (including phenoxy) is 3. The third-order valence-corrected chi connectivity index (χ3v) is 4.50. The summed E-state index contributed by atoms with van der Waals surface area (Å²) in [5, 5.41) is 17.0. The molecule has 0 bridgehead atoms. The molecular formula is C23H34IN3O4. The summed E-state index contributed by atoms with van der Waals surface area (Å²) in [7, 11) is 3.27. The average molecular weight is 543 g/mol. The SMILES string of the molecule is CCOCCCNC(=NCc1ccc(OC)cc1)NCC(O)c1ccc(OC)cc1.I. The minimum atomic E-state index is -0.660. The molecule has 0 aliphatic carbocycles. The fourth-order valence-corrected chi connectivity index (χ4v) is 2.74. The Morgan fingerprint density at radius 1 is 0.968 bits per heavy atom. The van der Waals surface area contributed by atoms with Gasteiger partial charge in [-0.2, -0.15) is 0 Å². The molecule has 1 unspecified atom stereocenters. The number of hydrogen-bond acceptors (Lipinski definition) is 5. The first-order chi connectivity index (χ1) is 14.7. The summed E-state index contributed by atoms with van der Waals surface area (Å²) in [5.41, 5.74) is 1.89. The lowest BCUT2D eigenvalue weighted by molar-refractivity contribution is 0.145. The van der Waals surface area contributed by atoms with Crippen molar-refractivity contribution in [3.63, 3.8) is 0 Å². The quantitative estimate of drug-likeness (QED) is 0.165. The van der Waals surface area contributed by atoms with Crippen LogP contribution in [-0.4, -0.2) is 51.6 Å². The first-order valence-electron chi connectivity index (χ1n) is 10.2. The largest absolute Gasteiger partial charge is 0.497 e. The fourth-order valence-electron chi connectivity index (χ4n) is 2.74. The van der Waals surface area contributed by atoms with Gasteiger partial charge in [-0.1, -0.05) is 24.3 Å². The summed E-state index contributed by atoms with van der Waals surface area (Å²) in [6.45, 7) is 4.98. The molecular weight excluding hydrogens is 509 g/mol. The molecule has 0 fully saturated rings. The van der Waals surface area contributed by atoms with E-state index in [0.717, 1.165) is 35.6 Å². The maximum Gasteiger partial charge on any atom is 0.191 e. The zero-order valence-corrected chi connectivity index (χ0v) is 20.8. The molecule has 1 atom stereocenters. The molecule has 172 valence electrons. The van der Waals surface area contributed by atoms with Crippen LogP contribution in [0.2, 0.25) is 0 Å². The minimum Gasteiger partial charge on any atom is -0.497 e. The molecule has 0 saturated carbocycles. The van der Waals surface area contributed by atoms with Crippen LogP contribution in [0.5, 0.6) is 11.5 Å². The standard InChI is InChI=1S/C23H33N3O4.HI/c1-4-30-15-5-14-24-23(25-16-18-6-10-20(28-2)11-7-18)26-17-22(27)19-8-12-21(29-3)13-9-19;/h6-13,22,27H,4-5,14-17H2,1-3H3,(H2,24,25,26);1H. The molecule has 0 amide bonds. The van der Waals surface area contributed by atoms with Gasteiger partial charge in [0.1, 0.15) is 11.5 Å². The van der Waals surface area contributed by atoms with Crippen LogP contribution < -0.4 is 20.1 Å². The first kappa shape index (κ1) is 27.0. The summed E-state index contributed by atoms with van der Waals surface area (Å²) < 4.78 is 15.7. The van der Waals surface area contributed by atoms with Crippen molar-refractivity contribution in [3.05, 3.63) is 59.7 Å². The number of nitrogens with one attached hydrogen (secondary N) is 2. The Morgan fingerprint density at radius 2 is 1.58 bits per heavy atom. The van der Waals surface area contributed by atoms with Crippen molar-refractivity contribution in [2.45, 2.75) is 26.0 Å². The molecule has 0 aliphatic heterocycles. The number of hydrogen-bond donors (Lipinski definition) is 3. The number of halogens is 1. The van der Waals surface area contributed by atoms with Gasteiger partial charge >= 0.3 is 0 Å². The summed E-state index contributed by atoms with van der Waals surface area (Å²) in [5.74, 6) is 2.23. The third-order valence-electron chi connectivity index (χ3n) is 4.50. The minimum absolute atomic E-state index is 0. The first-order valence-corrected chi connectivity index (χ1v) is 10.2. The molecule has 0 radical (unpaired) electrons. The van der Waals surface area contributed by atoms with Gasteiger partial charge in [0.2, 0.25) is 0 Å². The van der Waals surface area contributed by atoms with Crippen LogP contribution in [0.3, 0.4) is 0 Å². The second kappa shape index (κ2) is 15.7. The predicted octanol–water partition coefficient (Wildman–Crippen LogP) is 3.52. The van der Waals surface area contributed by atoms with Crippen molar-refractivity contribution in [2.75, 3.05) is 40.5 Å². The van der Waals surface area contributed by atoms with Crippen LogP contribution in [-0.2, 0) is 11.3 Å². The molecule has 3 N–H and O–H groups in total. The maximum absolute atomic E-state index is 10.5. The number of aliphatic hydroxyl groups is 1. The Labute approximate surface area is 202 Å². The normalized spacial score (nSPS) is 11.9. The van der Waals surface area contributed by atoms with E-state index in [9.17, 15) is 5.11 Å². The zero-order valence-electron chi connectivity index (χ0n) is 18.5. The Morgan fingerprint density at radius 3 is 2.16 bits per heavy atom. The van der Waals surface area contributed by atoms with Gasteiger partial charge in [-0.05, 0) is 48.7 Å². The van der Waals surface area contributed by atoms with E-state index in [1.54, 1.807) is 14.2 Å². The summed E-state index contributed by atoms with van der Waals surface area (Å²) >= 11 is 0. The van der Waals surface area contributed by atoms with Gasteiger partial charge in [0.25, 0.3) is 0 Å². The number of benzene rings is 2. The van der Waals surface area contributed by atoms with Gasteiger partial charge in [-0.25, -0.2) is 4.99 Å². The molecule has 31 heavy (non-hydrogen) atoms. The number of rotatable bonds is 12. The van der Waals surface area contributed by atoms with Crippen LogP contribution in [0.15, 0.2) is 53.5 Å². The topological polar surface area (TPSA) is 84.3 Å². The second-order valence-corrected chi connectivity index (χ2v) is 6.66. The smallest absolute Gasteiger partial charge is 0.191 e. The monoisotopic (exact) mass is 543 g/mol. The maximum atomic E-state index is 10.5. The lowest BCUT2D eigenvalue weighted by Gasteiger charge is -2.16. The van der Waals surface area contributed by atoms with E-state index in [4.69, 9.17) is 14.2 Å². The van der Waals surface area contributed by atoms with Gasteiger partial charge in [0.15, 0.2) is 5.96 Å². The van der Waals surface area contributed by atoms with E-state index >= 15 is 0 Å². The van der Waals surface area contributed by atoms with Crippen molar-refractivity contribution >= 4 is 29.9 Å². The molecule has 2 rings (SSSR count). The number of nitrogens with zero attached hydrogens (tertiary/aromatic N) is 1. The molecule has 0 saturated heterocycles. The van der Waals surface area contributed by atoms with Crippen LogP contribution in [0.25, 0.3) is 0 Å². The van der Waals surface area contributed by atoms with Crippen molar-refractivity contribution in [1.29, 1.82) is 0 Å². The lowest BCUT2D eigenvalue weighted by atomic mass is 10.1. The highest BCUT2D eigenvalue weighted by atomic mass is 127. The van der Waals surface area contributed by atoms with Crippen molar-refractivity contribution < 1.29 is 19.3 Å². The van der Waals surface area contributed by atoms with Crippen LogP contribution in [0, 0.1) is 0 Å². The highest BCUT2D eigenvalue weighted by molar-refractivity contribution is 14.0. The highest BCUT2D eigenvalue weighted by Crippen LogP contribution is 2.17. The van der Waals surface area contributed by atoms with E-state index in [2.05, 4.69) is 15.6 Å². The van der Waals surface area contributed by atoms with Crippen LogP contribution >= 0.6 is 24.0 Å². The number of aliphatic imine (C=N–C) groups is 1. The Balaban J connectivity index is 0.00000480. The van der Waals surface area contributed by atoms with Crippen molar-refractivity contribution in [2.24, 2.45) is 4.99 Å². The molecule has 0 aliphatic rings. The van der Waals surface area contributed by atoms with Crippen molar-refractivity contribution in [1.82, 2.24) is 10.6 Å². The Hall–Kier alpha value is -2.04. The number of aliphatic hydroxyl groups excluding tert-OH is 1. The molecule has 2 aromatic carbocycles. The predicted molar refractivity (Wildman–Crippen MR) is 135 cm³/mol. The van der Waals surface area contributed by atoms with Gasteiger partial charge < -0.3 is 30.0 Å². The second-order valence-electron chi connectivity index (χ2n) is 6.66. The summed E-state index contributed by atoms with van der Waals surface area (Å²) in [6.07, 6.45) is 0.213. The summed E-state index contributed by atoms with van der Waals surface area (Å²) in [4.78, 5) is 4.64. The van der Waals surface area contributed by atoms with Gasteiger partial charge in [-0.15, -0.1) is 24.0 Å². The molecule has 0 spiro atoms.